The normalized spacial score (nSPS) is 11.7. The molecule has 0 radical (unpaired) electrons. The van der Waals surface area contributed by atoms with Gasteiger partial charge in [0, 0.05) is 22.0 Å². The minimum Gasteiger partial charge on any atom is -0.332 e. The maximum atomic E-state index is 12.9. The molecule has 0 aliphatic heterocycles. The van der Waals surface area contributed by atoms with Crippen LogP contribution >= 0.6 is 24.0 Å². The molecule has 1 amide bonds. The van der Waals surface area contributed by atoms with E-state index in [0.29, 0.717) is 11.0 Å². The van der Waals surface area contributed by atoms with Crippen molar-refractivity contribution in [3.63, 3.8) is 0 Å². The van der Waals surface area contributed by atoms with Gasteiger partial charge in [0.25, 0.3) is 0 Å². The van der Waals surface area contributed by atoms with Crippen LogP contribution in [0.25, 0.3) is 0 Å². The van der Waals surface area contributed by atoms with Crippen LogP contribution < -0.4 is 16.0 Å². The minimum absolute atomic E-state index is 0.00900. The molecule has 3 aromatic carbocycles. The van der Waals surface area contributed by atoms with Crippen LogP contribution in [0.4, 0.5) is 17.1 Å². The van der Waals surface area contributed by atoms with Gasteiger partial charge in [0.1, 0.15) is 0 Å². The lowest BCUT2D eigenvalue weighted by Gasteiger charge is -2.16. The molecule has 0 spiro atoms. The van der Waals surface area contributed by atoms with Gasteiger partial charge in [-0.1, -0.05) is 56.7 Å². The Morgan fingerprint density at radius 3 is 2.12 bits per heavy atom. The van der Waals surface area contributed by atoms with E-state index >= 15 is 0 Å². The van der Waals surface area contributed by atoms with Gasteiger partial charge in [-0.05, 0) is 79.5 Å². The second kappa shape index (κ2) is 11.9. The highest BCUT2D eigenvalue weighted by Crippen LogP contribution is 2.29. The third kappa shape index (κ3) is 7.62. The smallest absolute Gasteiger partial charge is 0.237 e. The summed E-state index contributed by atoms with van der Waals surface area (Å²) < 4.78 is 0. The Bertz CT molecular complexity index is 1080. The summed E-state index contributed by atoms with van der Waals surface area (Å²) in [6.07, 6.45) is 0.728. The van der Waals surface area contributed by atoms with Crippen molar-refractivity contribution < 1.29 is 4.79 Å². The molecule has 6 heteroatoms. The first kappa shape index (κ1) is 24.8. The Morgan fingerprint density at radius 2 is 1.48 bits per heavy atom. The first-order chi connectivity index (χ1) is 15.8. The SMILES string of the molecule is CCC(Sc1cccc(NC(=S)Nc2ccc(C)cc2)c1)C(=O)Nc1ccc(C(C)C)cc1. The maximum absolute atomic E-state index is 12.9. The zero-order chi connectivity index (χ0) is 23.8. The van der Waals surface area contributed by atoms with Crippen molar-refractivity contribution in [2.45, 2.75) is 50.2 Å². The van der Waals surface area contributed by atoms with Gasteiger partial charge in [0.2, 0.25) is 5.91 Å². The van der Waals surface area contributed by atoms with Gasteiger partial charge in [0.05, 0.1) is 5.25 Å². The molecule has 0 aliphatic carbocycles. The number of hydrogen-bond acceptors (Lipinski definition) is 3. The van der Waals surface area contributed by atoms with Crippen LogP contribution in [0.3, 0.4) is 0 Å². The molecule has 3 rings (SSSR count). The average Bonchev–Trinajstić information content (AvgIpc) is 2.79. The third-order valence-corrected chi connectivity index (χ3v) is 6.75. The maximum Gasteiger partial charge on any atom is 0.237 e. The number of hydrogen-bond donors (Lipinski definition) is 3. The first-order valence-electron chi connectivity index (χ1n) is 11.2. The molecule has 0 heterocycles. The number of nitrogens with one attached hydrogen (secondary N) is 3. The summed E-state index contributed by atoms with van der Waals surface area (Å²) in [4.78, 5) is 13.9. The lowest BCUT2D eigenvalue weighted by molar-refractivity contribution is -0.115. The van der Waals surface area contributed by atoms with Crippen molar-refractivity contribution >= 4 is 52.1 Å². The van der Waals surface area contributed by atoms with E-state index in [-0.39, 0.29) is 11.2 Å². The molecule has 0 saturated heterocycles. The Balaban J connectivity index is 1.59. The molecule has 0 aliphatic rings. The molecule has 172 valence electrons. The van der Waals surface area contributed by atoms with E-state index in [2.05, 4.69) is 48.9 Å². The molecule has 1 unspecified atom stereocenters. The number of benzene rings is 3. The minimum atomic E-state index is -0.192. The van der Waals surface area contributed by atoms with Crippen LogP contribution in [0.2, 0.25) is 0 Å². The molecule has 1 atom stereocenters. The zero-order valence-electron chi connectivity index (χ0n) is 19.5. The number of thiocarbonyl (C=S) groups is 1. The molecule has 0 fully saturated rings. The van der Waals surface area contributed by atoms with Crippen molar-refractivity contribution in [2.24, 2.45) is 0 Å². The molecule has 33 heavy (non-hydrogen) atoms. The average molecular weight is 478 g/mol. The Labute approximate surface area is 206 Å². The topological polar surface area (TPSA) is 53.2 Å². The molecular formula is C27H31N3OS2. The van der Waals surface area contributed by atoms with Gasteiger partial charge in [0.15, 0.2) is 5.11 Å². The summed E-state index contributed by atoms with van der Waals surface area (Å²) in [6, 6.07) is 24.1. The Kier molecular flexibility index (Phi) is 8.92. The van der Waals surface area contributed by atoms with Gasteiger partial charge in [-0.25, -0.2) is 0 Å². The quantitative estimate of drug-likeness (QED) is 0.232. The summed E-state index contributed by atoms with van der Waals surface area (Å²) in [5.74, 6) is 0.476. The van der Waals surface area contributed by atoms with Crippen molar-refractivity contribution in [3.8, 4) is 0 Å². The van der Waals surface area contributed by atoms with Crippen molar-refractivity contribution in [2.75, 3.05) is 16.0 Å². The summed E-state index contributed by atoms with van der Waals surface area (Å²) in [7, 11) is 0. The highest BCUT2D eigenvalue weighted by atomic mass is 32.2. The van der Waals surface area contributed by atoms with E-state index in [1.54, 1.807) is 11.8 Å². The number of amides is 1. The highest BCUT2D eigenvalue weighted by molar-refractivity contribution is 8.00. The van der Waals surface area contributed by atoms with Crippen LogP contribution in [-0.4, -0.2) is 16.3 Å². The van der Waals surface area contributed by atoms with Crippen molar-refractivity contribution in [3.05, 3.63) is 83.9 Å². The van der Waals surface area contributed by atoms with E-state index in [1.807, 2.05) is 67.6 Å². The van der Waals surface area contributed by atoms with Gasteiger partial charge in [-0.15, -0.1) is 11.8 Å². The molecule has 4 nitrogen and oxygen atoms in total. The standard InChI is InChI=1S/C27H31N3OS2/c1-5-25(26(31)28-21-15-11-20(12-16-21)18(2)3)33-24-8-6-7-23(17-24)30-27(32)29-22-13-9-19(4)10-14-22/h6-18,25H,5H2,1-4H3,(H,28,31)(H2,29,30,32). The molecule has 0 saturated carbocycles. The summed E-state index contributed by atoms with van der Waals surface area (Å²) in [5.41, 5.74) is 5.10. The van der Waals surface area contributed by atoms with E-state index in [1.165, 1.54) is 11.1 Å². The number of anilines is 3. The summed E-state index contributed by atoms with van der Waals surface area (Å²) >= 11 is 7.01. The van der Waals surface area contributed by atoms with Gasteiger partial charge in [-0.2, -0.15) is 0 Å². The molecule has 3 N–H and O–H groups in total. The molecule has 0 aromatic heterocycles. The molecule has 3 aromatic rings. The van der Waals surface area contributed by atoms with Gasteiger partial charge < -0.3 is 16.0 Å². The molecule has 0 bridgehead atoms. The second-order valence-corrected chi connectivity index (χ2v) is 9.94. The summed E-state index contributed by atoms with van der Waals surface area (Å²) in [6.45, 7) is 8.40. The van der Waals surface area contributed by atoms with E-state index in [9.17, 15) is 4.79 Å². The second-order valence-electron chi connectivity index (χ2n) is 8.25. The number of aryl methyl sites for hydroxylation is 1. The highest BCUT2D eigenvalue weighted by Gasteiger charge is 2.18. The number of rotatable bonds is 8. The number of carbonyl (C=O) groups excluding carboxylic acids is 1. The monoisotopic (exact) mass is 477 g/mol. The molecular weight excluding hydrogens is 446 g/mol. The van der Waals surface area contributed by atoms with E-state index < -0.39 is 0 Å². The number of carbonyl (C=O) groups is 1. The van der Waals surface area contributed by atoms with Crippen LogP contribution in [0.5, 0.6) is 0 Å². The van der Waals surface area contributed by atoms with E-state index in [4.69, 9.17) is 12.2 Å². The predicted molar refractivity (Wildman–Crippen MR) is 147 cm³/mol. The number of thioether (sulfide) groups is 1. The lowest BCUT2D eigenvalue weighted by atomic mass is 10.0. The van der Waals surface area contributed by atoms with E-state index in [0.717, 1.165) is 28.4 Å². The fourth-order valence-electron chi connectivity index (χ4n) is 3.24. The lowest BCUT2D eigenvalue weighted by Crippen LogP contribution is -2.24. The fraction of sp³-hybridized carbons (Fsp3) is 0.259. The van der Waals surface area contributed by atoms with Crippen LogP contribution in [0.1, 0.15) is 44.2 Å². The van der Waals surface area contributed by atoms with Gasteiger partial charge in [-0.3, -0.25) is 4.79 Å². The van der Waals surface area contributed by atoms with Crippen LogP contribution in [0, 0.1) is 6.92 Å². The zero-order valence-corrected chi connectivity index (χ0v) is 21.1. The van der Waals surface area contributed by atoms with Gasteiger partial charge >= 0.3 is 0 Å². The van der Waals surface area contributed by atoms with Crippen LogP contribution in [-0.2, 0) is 4.79 Å². The third-order valence-electron chi connectivity index (χ3n) is 5.19. The summed E-state index contributed by atoms with van der Waals surface area (Å²) in [5, 5.41) is 9.80. The fourth-order valence-corrected chi connectivity index (χ4v) is 4.49. The first-order valence-corrected chi connectivity index (χ1v) is 12.4. The van der Waals surface area contributed by atoms with Crippen molar-refractivity contribution in [1.29, 1.82) is 0 Å². The van der Waals surface area contributed by atoms with Crippen molar-refractivity contribution in [1.82, 2.24) is 0 Å². The van der Waals surface area contributed by atoms with Crippen LogP contribution in [0.15, 0.2) is 77.7 Å². The Morgan fingerprint density at radius 1 is 0.879 bits per heavy atom. The Hall–Kier alpha value is -2.83. The largest absolute Gasteiger partial charge is 0.332 e. The predicted octanol–water partition coefficient (Wildman–Crippen LogP) is 7.44.